The van der Waals surface area contributed by atoms with Crippen molar-refractivity contribution in [2.24, 2.45) is 0 Å². The number of aryl methyl sites for hydroxylation is 1. The minimum atomic E-state index is -3.87. The van der Waals surface area contributed by atoms with Gasteiger partial charge in [0, 0.05) is 24.0 Å². The zero-order valence-electron chi connectivity index (χ0n) is 18.8. The van der Waals surface area contributed by atoms with Crippen molar-refractivity contribution in [2.75, 3.05) is 6.54 Å². The van der Waals surface area contributed by atoms with E-state index in [-0.39, 0.29) is 16.3 Å². The Bertz CT molecular complexity index is 1540. The van der Waals surface area contributed by atoms with Crippen molar-refractivity contribution in [3.63, 3.8) is 0 Å². The number of sulfonamides is 1. The average molecular weight is 495 g/mol. The molecule has 34 heavy (non-hydrogen) atoms. The molecule has 0 amide bonds. The number of aromatic nitrogens is 1. The molecule has 0 fully saturated rings. The van der Waals surface area contributed by atoms with E-state index >= 15 is 0 Å². The Hall–Kier alpha value is -3.20. The third-order valence-corrected chi connectivity index (χ3v) is 8.90. The SMILES string of the molecule is C=CCc1c(CCNS(=O)(=O)c2ccc(C)cc2)c2ccccc2n1S(=O)(=O)c1ccccc1. The van der Waals surface area contributed by atoms with Crippen molar-refractivity contribution in [3.8, 4) is 0 Å². The highest BCUT2D eigenvalue weighted by atomic mass is 32.2. The normalized spacial score (nSPS) is 12.1. The first kappa shape index (κ1) is 23.9. The smallest absolute Gasteiger partial charge is 0.237 e. The van der Waals surface area contributed by atoms with E-state index in [0.717, 1.165) is 16.5 Å². The monoisotopic (exact) mass is 494 g/mol. The summed E-state index contributed by atoms with van der Waals surface area (Å²) >= 11 is 0. The molecule has 1 N–H and O–H groups in total. The summed E-state index contributed by atoms with van der Waals surface area (Å²) in [5.74, 6) is 0. The molecule has 0 aliphatic rings. The summed E-state index contributed by atoms with van der Waals surface area (Å²) in [6, 6.07) is 22.2. The topological polar surface area (TPSA) is 85.2 Å². The van der Waals surface area contributed by atoms with Gasteiger partial charge in [0.1, 0.15) is 0 Å². The quantitative estimate of drug-likeness (QED) is 0.349. The Balaban J connectivity index is 1.74. The number of para-hydroxylation sites is 1. The first-order valence-corrected chi connectivity index (χ1v) is 13.8. The second-order valence-electron chi connectivity index (χ2n) is 7.98. The summed E-state index contributed by atoms with van der Waals surface area (Å²) < 4.78 is 56.7. The molecule has 0 spiro atoms. The lowest BCUT2D eigenvalue weighted by molar-refractivity contribution is 0.580. The van der Waals surface area contributed by atoms with Gasteiger partial charge in [-0.25, -0.2) is 25.5 Å². The van der Waals surface area contributed by atoms with Crippen LogP contribution >= 0.6 is 0 Å². The van der Waals surface area contributed by atoms with Crippen LogP contribution in [-0.4, -0.2) is 27.4 Å². The van der Waals surface area contributed by atoms with Crippen LogP contribution in [0.2, 0.25) is 0 Å². The fourth-order valence-electron chi connectivity index (χ4n) is 4.03. The average Bonchev–Trinajstić information content (AvgIpc) is 3.14. The lowest BCUT2D eigenvalue weighted by Gasteiger charge is -2.12. The number of nitrogens with zero attached hydrogens (tertiary/aromatic N) is 1. The third kappa shape index (κ3) is 4.57. The van der Waals surface area contributed by atoms with E-state index in [1.807, 2.05) is 19.1 Å². The summed E-state index contributed by atoms with van der Waals surface area (Å²) in [7, 11) is -7.55. The molecule has 0 aliphatic carbocycles. The first-order valence-electron chi connectivity index (χ1n) is 10.8. The van der Waals surface area contributed by atoms with Crippen LogP contribution in [-0.2, 0) is 32.9 Å². The second-order valence-corrected chi connectivity index (χ2v) is 11.5. The van der Waals surface area contributed by atoms with Gasteiger partial charge in [0.15, 0.2) is 0 Å². The highest BCUT2D eigenvalue weighted by Crippen LogP contribution is 2.31. The molecule has 0 saturated heterocycles. The molecule has 4 rings (SSSR count). The van der Waals surface area contributed by atoms with Gasteiger partial charge >= 0.3 is 0 Å². The molecule has 0 saturated carbocycles. The lowest BCUT2D eigenvalue weighted by atomic mass is 10.1. The van der Waals surface area contributed by atoms with Gasteiger partial charge in [0.25, 0.3) is 10.0 Å². The molecular formula is C26H26N2O4S2. The standard InChI is InChI=1S/C26H26N2O4S2/c1-3-9-25-24(18-19-27-33(29,30)21-16-14-20(2)15-17-21)23-12-7-8-13-26(23)28(25)34(31,32)22-10-5-4-6-11-22/h3-8,10-17,27H,1,9,18-19H2,2H3. The molecular weight excluding hydrogens is 468 g/mol. The van der Waals surface area contributed by atoms with E-state index in [9.17, 15) is 16.8 Å². The molecule has 0 radical (unpaired) electrons. The van der Waals surface area contributed by atoms with Crippen molar-refractivity contribution in [3.05, 3.63) is 108 Å². The molecule has 176 valence electrons. The minimum absolute atomic E-state index is 0.125. The van der Waals surface area contributed by atoms with E-state index in [2.05, 4.69) is 11.3 Å². The molecule has 0 unspecified atom stereocenters. The lowest BCUT2D eigenvalue weighted by Crippen LogP contribution is -2.26. The van der Waals surface area contributed by atoms with E-state index in [4.69, 9.17) is 0 Å². The summed E-state index contributed by atoms with van der Waals surface area (Å²) in [6.45, 7) is 5.83. The zero-order valence-corrected chi connectivity index (χ0v) is 20.4. The third-order valence-electron chi connectivity index (χ3n) is 5.66. The van der Waals surface area contributed by atoms with Crippen LogP contribution in [0, 0.1) is 6.92 Å². The second kappa shape index (κ2) is 9.58. The van der Waals surface area contributed by atoms with Crippen molar-refractivity contribution in [2.45, 2.75) is 29.6 Å². The predicted octanol–water partition coefficient (Wildman–Crippen LogP) is 4.44. The Labute approximate surface area is 200 Å². The van der Waals surface area contributed by atoms with Gasteiger partial charge < -0.3 is 0 Å². The zero-order chi connectivity index (χ0) is 24.3. The van der Waals surface area contributed by atoms with E-state index in [1.54, 1.807) is 72.8 Å². The number of nitrogens with one attached hydrogen (secondary N) is 1. The number of hydrogen-bond donors (Lipinski definition) is 1. The van der Waals surface area contributed by atoms with Crippen molar-refractivity contribution < 1.29 is 16.8 Å². The molecule has 8 heteroatoms. The van der Waals surface area contributed by atoms with Crippen LogP contribution < -0.4 is 4.72 Å². The molecule has 0 bridgehead atoms. The van der Waals surface area contributed by atoms with Crippen molar-refractivity contribution in [1.82, 2.24) is 8.69 Å². The fourth-order valence-corrected chi connectivity index (χ4v) is 6.67. The molecule has 6 nitrogen and oxygen atoms in total. The number of rotatable bonds is 9. The van der Waals surface area contributed by atoms with Crippen LogP contribution in [0.1, 0.15) is 16.8 Å². The van der Waals surface area contributed by atoms with Gasteiger partial charge in [-0.05, 0) is 49.2 Å². The van der Waals surface area contributed by atoms with E-state index < -0.39 is 20.0 Å². The summed E-state index contributed by atoms with van der Waals surface area (Å²) in [4.78, 5) is 0.381. The van der Waals surface area contributed by atoms with Gasteiger partial charge in [0.05, 0.1) is 15.3 Å². The van der Waals surface area contributed by atoms with Crippen LogP contribution in [0.15, 0.2) is 101 Å². The van der Waals surface area contributed by atoms with E-state index in [0.29, 0.717) is 24.1 Å². The Morgan fingerprint density at radius 1 is 0.853 bits per heavy atom. The van der Waals surface area contributed by atoms with Crippen LogP contribution in [0.3, 0.4) is 0 Å². The Kier molecular flexibility index (Phi) is 6.74. The maximum Gasteiger partial charge on any atom is 0.268 e. The molecule has 4 aromatic rings. The molecule has 0 aliphatic heterocycles. The molecule has 1 heterocycles. The van der Waals surface area contributed by atoms with E-state index in [1.165, 1.54) is 3.97 Å². The molecule has 3 aromatic carbocycles. The Morgan fingerprint density at radius 2 is 1.50 bits per heavy atom. The highest BCUT2D eigenvalue weighted by Gasteiger charge is 2.26. The first-order chi connectivity index (χ1) is 16.3. The largest absolute Gasteiger partial charge is 0.268 e. The Morgan fingerprint density at radius 3 is 2.18 bits per heavy atom. The summed E-state index contributed by atoms with van der Waals surface area (Å²) in [5, 5.41) is 0.772. The summed E-state index contributed by atoms with van der Waals surface area (Å²) in [6.07, 6.45) is 2.30. The van der Waals surface area contributed by atoms with Gasteiger partial charge in [-0.1, -0.05) is 60.2 Å². The maximum absolute atomic E-state index is 13.6. The highest BCUT2D eigenvalue weighted by molar-refractivity contribution is 7.90. The van der Waals surface area contributed by atoms with Crippen molar-refractivity contribution in [1.29, 1.82) is 0 Å². The number of hydrogen-bond acceptors (Lipinski definition) is 4. The summed E-state index contributed by atoms with van der Waals surface area (Å²) in [5.41, 5.74) is 2.89. The maximum atomic E-state index is 13.6. The molecule has 0 atom stereocenters. The van der Waals surface area contributed by atoms with Gasteiger partial charge in [-0.15, -0.1) is 6.58 Å². The van der Waals surface area contributed by atoms with Gasteiger partial charge in [0.2, 0.25) is 10.0 Å². The number of allylic oxidation sites excluding steroid dienone is 1. The van der Waals surface area contributed by atoms with Crippen molar-refractivity contribution >= 4 is 30.9 Å². The van der Waals surface area contributed by atoms with Crippen LogP contribution in [0.4, 0.5) is 0 Å². The van der Waals surface area contributed by atoms with Crippen LogP contribution in [0.25, 0.3) is 10.9 Å². The fraction of sp³-hybridized carbons (Fsp3) is 0.154. The number of fused-ring (bicyclic) bond motifs is 1. The number of benzene rings is 3. The van der Waals surface area contributed by atoms with Gasteiger partial charge in [-0.2, -0.15) is 0 Å². The molecule has 1 aromatic heterocycles. The minimum Gasteiger partial charge on any atom is -0.237 e. The predicted molar refractivity (Wildman–Crippen MR) is 135 cm³/mol. The van der Waals surface area contributed by atoms with Crippen LogP contribution in [0.5, 0.6) is 0 Å². The van der Waals surface area contributed by atoms with Gasteiger partial charge in [-0.3, -0.25) is 0 Å².